The number of hydrogen-bond donors (Lipinski definition) is 0. The summed E-state index contributed by atoms with van der Waals surface area (Å²) in [7, 11) is 0. The van der Waals surface area contributed by atoms with Crippen molar-refractivity contribution in [2.75, 3.05) is 0 Å². The Morgan fingerprint density at radius 1 is 1.00 bits per heavy atom. The van der Waals surface area contributed by atoms with Gasteiger partial charge in [-0.15, -0.1) is 10.2 Å². The summed E-state index contributed by atoms with van der Waals surface area (Å²) in [6, 6.07) is 13.0. The SMILES string of the molecule is N#Cc1nc2ccccc2cc1-c1cc(Cl)nnc1Cl. The van der Waals surface area contributed by atoms with E-state index in [9.17, 15) is 5.26 Å². The van der Waals surface area contributed by atoms with Crippen LogP contribution in [0.2, 0.25) is 10.3 Å². The van der Waals surface area contributed by atoms with Gasteiger partial charge in [0.25, 0.3) is 0 Å². The Morgan fingerprint density at radius 3 is 2.60 bits per heavy atom. The summed E-state index contributed by atoms with van der Waals surface area (Å²) in [6.07, 6.45) is 0. The fourth-order valence-corrected chi connectivity index (χ4v) is 2.29. The number of halogens is 2. The first-order valence-electron chi connectivity index (χ1n) is 5.68. The molecule has 2 heterocycles. The summed E-state index contributed by atoms with van der Waals surface area (Å²) in [5.74, 6) is 0. The minimum atomic E-state index is 0.183. The predicted octanol–water partition coefficient (Wildman–Crippen LogP) is 3.87. The van der Waals surface area contributed by atoms with Gasteiger partial charge in [-0.25, -0.2) is 4.98 Å². The summed E-state index contributed by atoms with van der Waals surface area (Å²) in [4.78, 5) is 4.33. The quantitative estimate of drug-likeness (QED) is 0.684. The Labute approximate surface area is 124 Å². The lowest BCUT2D eigenvalue weighted by atomic mass is 10.0. The van der Waals surface area contributed by atoms with E-state index in [2.05, 4.69) is 21.3 Å². The smallest absolute Gasteiger partial charge is 0.159 e. The second kappa shape index (κ2) is 5.04. The topological polar surface area (TPSA) is 62.5 Å². The van der Waals surface area contributed by atoms with E-state index < -0.39 is 0 Å². The molecule has 20 heavy (non-hydrogen) atoms. The molecule has 0 fully saturated rings. The van der Waals surface area contributed by atoms with Gasteiger partial charge in [-0.3, -0.25) is 0 Å². The van der Waals surface area contributed by atoms with Crippen molar-refractivity contribution in [3.05, 3.63) is 52.4 Å². The zero-order valence-electron chi connectivity index (χ0n) is 10.0. The maximum Gasteiger partial charge on any atom is 0.159 e. The third-order valence-electron chi connectivity index (χ3n) is 2.84. The second-order valence-corrected chi connectivity index (χ2v) is 4.81. The Morgan fingerprint density at radius 2 is 1.80 bits per heavy atom. The molecule has 0 atom stereocenters. The molecule has 0 aliphatic rings. The van der Waals surface area contributed by atoms with E-state index in [4.69, 9.17) is 23.2 Å². The normalized spacial score (nSPS) is 10.4. The molecule has 0 spiro atoms. The maximum absolute atomic E-state index is 9.27. The highest BCUT2D eigenvalue weighted by Gasteiger charge is 2.13. The number of benzene rings is 1. The van der Waals surface area contributed by atoms with E-state index in [-0.39, 0.29) is 16.0 Å². The summed E-state index contributed by atoms with van der Waals surface area (Å²) < 4.78 is 0. The first-order chi connectivity index (χ1) is 9.69. The van der Waals surface area contributed by atoms with E-state index in [1.807, 2.05) is 30.3 Å². The minimum Gasteiger partial charge on any atom is -0.236 e. The van der Waals surface area contributed by atoms with Crippen LogP contribution < -0.4 is 0 Å². The third-order valence-corrected chi connectivity index (χ3v) is 3.30. The summed E-state index contributed by atoms with van der Waals surface area (Å²) >= 11 is 11.9. The van der Waals surface area contributed by atoms with Gasteiger partial charge in [0.2, 0.25) is 0 Å². The molecule has 0 amide bonds. The molecule has 3 aromatic rings. The molecule has 2 aromatic heterocycles. The number of nitriles is 1. The van der Waals surface area contributed by atoms with E-state index in [0.717, 1.165) is 10.9 Å². The molecule has 0 radical (unpaired) electrons. The molecule has 6 heteroatoms. The van der Waals surface area contributed by atoms with Crippen LogP contribution in [-0.4, -0.2) is 15.2 Å². The fraction of sp³-hybridized carbons (Fsp3) is 0. The zero-order valence-corrected chi connectivity index (χ0v) is 11.5. The van der Waals surface area contributed by atoms with Crippen molar-refractivity contribution in [1.29, 1.82) is 5.26 Å². The number of para-hydroxylation sites is 1. The predicted molar refractivity (Wildman–Crippen MR) is 77.5 cm³/mol. The van der Waals surface area contributed by atoms with Crippen molar-refractivity contribution >= 4 is 34.1 Å². The van der Waals surface area contributed by atoms with Gasteiger partial charge in [0.05, 0.1) is 5.52 Å². The molecular formula is C14H6Cl2N4. The Kier molecular flexibility index (Phi) is 3.23. The van der Waals surface area contributed by atoms with Crippen molar-refractivity contribution in [2.45, 2.75) is 0 Å². The average molecular weight is 301 g/mol. The summed E-state index contributed by atoms with van der Waals surface area (Å²) in [5.41, 5.74) is 2.15. The highest BCUT2D eigenvalue weighted by atomic mass is 35.5. The van der Waals surface area contributed by atoms with E-state index in [1.165, 1.54) is 0 Å². The van der Waals surface area contributed by atoms with Crippen LogP contribution in [0.3, 0.4) is 0 Å². The summed E-state index contributed by atoms with van der Waals surface area (Å²) in [5, 5.41) is 18.0. The lowest BCUT2D eigenvalue weighted by Crippen LogP contribution is -1.94. The van der Waals surface area contributed by atoms with E-state index in [1.54, 1.807) is 6.07 Å². The van der Waals surface area contributed by atoms with Crippen LogP contribution in [0.1, 0.15) is 5.69 Å². The van der Waals surface area contributed by atoms with Crippen molar-refractivity contribution in [1.82, 2.24) is 15.2 Å². The lowest BCUT2D eigenvalue weighted by Gasteiger charge is -2.07. The molecule has 0 saturated carbocycles. The van der Waals surface area contributed by atoms with Gasteiger partial charge in [0.1, 0.15) is 11.8 Å². The molecule has 0 unspecified atom stereocenters. The van der Waals surface area contributed by atoms with Crippen LogP contribution in [0.15, 0.2) is 36.4 Å². The molecule has 4 nitrogen and oxygen atoms in total. The van der Waals surface area contributed by atoms with Crippen molar-refractivity contribution in [2.24, 2.45) is 0 Å². The van der Waals surface area contributed by atoms with Gasteiger partial charge in [-0.1, -0.05) is 41.4 Å². The Bertz CT molecular complexity index is 855. The van der Waals surface area contributed by atoms with Gasteiger partial charge in [-0.2, -0.15) is 5.26 Å². The van der Waals surface area contributed by atoms with Crippen LogP contribution >= 0.6 is 23.2 Å². The molecule has 3 rings (SSSR count). The Hall–Kier alpha value is -2.22. The number of hydrogen-bond acceptors (Lipinski definition) is 4. The average Bonchev–Trinajstić information content (AvgIpc) is 2.48. The number of rotatable bonds is 1. The van der Waals surface area contributed by atoms with Gasteiger partial charge < -0.3 is 0 Å². The van der Waals surface area contributed by atoms with Crippen LogP contribution in [0.25, 0.3) is 22.0 Å². The monoisotopic (exact) mass is 300 g/mol. The summed E-state index contributed by atoms with van der Waals surface area (Å²) in [6.45, 7) is 0. The molecule has 96 valence electrons. The minimum absolute atomic E-state index is 0.183. The van der Waals surface area contributed by atoms with E-state index >= 15 is 0 Å². The van der Waals surface area contributed by atoms with Crippen LogP contribution in [0.4, 0.5) is 0 Å². The molecule has 0 bridgehead atoms. The van der Waals surface area contributed by atoms with Gasteiger partial charge in [-0.05, 0) is 18.2 Å². The van der Waals surface area contributed by atoms with E-state index in [0.29, 0.717) is 11.1 Å². The number of fused-ring (bicyclic) bond motifs is 1. The van der Waals surface area contributed by atoms with Crippen LogP contribution in [0, 0.1) is 11.3 Å². The van der Waals surface area contributed by atoms with Crippen molar-refractivity contribution in [3.63, 3.8) is 0 Å². The van der Waals surface area contributed by atoms with Gasteiger partial charge in [0, 0.05) is 16.5 Å². The van der Waals surface area contributed by atoms with Gasteiger partial charge in [0.15, 0.2) is 10.3 Å². The highest BCUT2D eigenvalue weighted by molar-refractivity contribution is 6.33. The fourth-order valence-electron chi connectivity index (χ4n) is 1.95. The number of aromatic nitrogens is 3. The molecule has 0 saturated heterocycles. The van der Waals surface area contributed by atoms with Crippen molar-refractivity contribution in [3.8, 4) is 17.2 Å². The highest BCUT2D eigenvalue weighted by Crippen LogP contribution is 2.31. The first kappa shape index (κ1) is 12.8. The van der Waals surface area contributed by atoms with Crippen molar-refractivity contribution < 1.29 is 0 Å². The number of pyridine rings is 1. The zero-order chi connectivity index (χ0) is 14.1. The third kappa shape index (κ3) is 2.18. The molecule has 0 aliphatic carbocycles. The van der Waals surface area contributed by atoms with Gasteiger partial charge >= 0.3 is 0 Å². The molecule has 0 aliphatic heterocycles. The lowest BCUT2D eigenvalue weighted by molar-refractivity contribution is 1.03. The Balaban J connectivity index is 2.35. The maximum atomic E-state index is 9.27. The molecule has 0 N–H and O–H groups in total. The first-order valence-corrected chi connectivity index (χ1v) is 6.43. The number of nitrogens with zero attached hydrogens (tertiary/aromatic N) is 4. The standard InChI is InChI=1S/C14H6Cl2N4/c15-13-6-10(14(16)20-19-13)9-5-8-3-1-2-4-11(8)18-12(9)7-17/h1-6H. The largest absolute Gasteiger partial charge is 0.236 e. The van der Waals surface area contributed by atoms with Crippen LogP contribution in [0.5, 0.6) is 0 Å². The molecule has 1 aromatic carbocycles. The molecular weight excluding hydrogens is 295 g/mol. The van der Waals surface area contributed by atoms with Crippen LogP contribution in [-0.2, 0) is 0 Å². The second-order valence-electron chi connectivity index (χ2n) is 4.06.